The van der Waals surface area contributed by atoms with E-state index in [0.29, 0.717) is 6.10 Å². The van der Waals surface area contributed by atoms with Crippen LogP contribution >= 0.6 is 0 Å². The van der Waals surface area contributed by atoms with Crippen LogP contribution in [0.2, 0.25) is 0 Å². The zero-order chi connectivity index (χ0) is 17.6. The molecule has 0 radical (unpaired) electrons. The van der Waals surface area contributed by atoms with Crippen LogP contribution in [0.3, 0.4) is 0 Å². The first-order chi connectivity index (χ1) is 12.8. The van der Waals surface area contributed by atoms with Gasteiger partial charge in [0.1, 0.15) is 0 Å². The van der Waals surface area contributed by atoms with Crippen LogP contribution in [0.5, 0.6) is 0 Å². The number of likely N-dealkylation sites (tertiary alicyclic amines) is 1. The molecule has 140 valence electrons. The zero-order valence-corrected chi connectivity index (χ0v) is 15.6. The predicted molar refractivity (Wildman–Crippen MR) is 103 cm³/mol. The molecule has 5 heteroatoms. The number of benzene rings is 1. The van der Waals surface area contributed by atoms with Crippen LogP contribution in [0.1, 0.15) is 30.4 Å². The van der Waals surface area contributed by atoms with Crippen molar-refractivity contribution in [2.24, 2.45) is 0 Å². The summed E-state index contributed by atoms with van der Waals surface area (Å²) in [5, 5.41) is 4.28. The van der Waals surface area contributed by atoms with Crippen LogP contribution in [0, 0.1) is 0 Å². The first-order valence-electron chi connectivity index (χ1n) is 9.97. The molecular weight excluding hydrogens is 324 g/mol. The van der Waals surface area contributed by atoms with E-state index in [1.54, 1.807) is 0 Å². The Morgan fingerprint density at radius 2 is 1.65 bits per heavy atom. The highest BCUT2D eigenvalue weighted by Crippen LogP contribution is 2.15. The molecule has 1 aromatic carbocycles. The van der Waals surface area contributed by atoms with Crippen molar-refractivity contribution in [1.29, 1.82) is 0 Å². The van der Waals surface area contributed by atoms with Gasteiger partial charge in [-0.1, -0.05) is 24.3 Å². The highest BCUT2D eigenvalue weighted by molar-refractivity contribution is 5.22. The molecule has 0 N–H and O–H groups in total. The molecule has 4 rings (SSSR count). The van der Waals surface area contributed by atoms with E-state index in [4.69, 9.17) is 4.74 Å². The minimum absolute atomic E-state index is 0.356. The van der Waals surface area contributed by atoms with Gasteiger partial charge in [-0.05, 0) is 49.5 Å². The fourth-order valence-corrected chi connectivity index (χ4v) is 4.07. The lowest BCUT2D eigenvalue weighted by Crippen LogP contribution is -2.39. The molecule has 0 saturated carbocycles. The maximum Gasteiger partial charge on any atom is 0.0828 e. The van der Waals surface area contributed by atoms with E-state index in [0.717, 1.165) is 45.8 Å². The molecule has 2 aliphatic rings. The fraction of sp³-hybridized carbons (Fsp3) is 0.571. The van der Waals surface area contributed by atoms with Crippen molar-refractivity contribution in [3.05, 3.63) is 53.9 Å². The lowest BCUT2D eigenvalue weighted by Gasteiger charge is -2.27. The Morgan fingerprint density at radius 1 is 0.923 bits per heavy atom. The first kappa shape index (κ1) is 17.7. The Morgan fingerprint density at radius 3 is 2.38 bits per heavy atom. The van der Waals surface area contributed by atoms with E-state index in [1.165, 1.54) is 37.1 Å². The summed E-state index contributed by atoms with van der Waals surface area (Å²) in [6.45, 7) is 8.52. The van der Waals surface area contributed by atoms with Gasteiger partial charge in [0.15, 0.2) is 0 Å². The monoisotopic (exact) mass is 354 g/mol. The second-order valence-electron chi connectivity index (χ2n) is 7.61. The van der Waals surface area contributed by atoms with Gasteiger partial charge in [-0.3, -0.25) is 9.58 Å². The van der Waals surface area contributed by atoms with E-state index < -0.39 is 0 Å². The quantitative estimate of drug-likeness (QED) is 0.798. The van der Waals surface area contributed by atoms with Crippen LogP contribution in [0.4, 0.5) is 0 Å². The average Bonchev–Trinajstić information content (AvgIpc) is 3.30. The minimum atomic E-state index is 0.356. The van der Waals surface area contributed by atoms with E-state index in [1.807, 2.05) is 23.1 Å². The molecule has 2 aromatic rings. The Hall–Kier alpha value is -1.69. The summed E-state index contributed by atoms with van der Waals surface area (Å²) >= 11 is 0. The number of ether oxygens (including phenoxy) is 1. The van der Waals surface area contributed by atoms with Crippen molar-refractivity contribution in [1.82, 2.24) is 19.6 Å². The molecule has 1 aromatic heterocycles. The minimum Gasteiger partial charge on any atom is -0.376 e. The van der Waals surface area contributed by atoms with Gasteiger partial charge in [-0.25, -0.2) is 0 Å². The highest BCUT2D eigenvalue weighted by Gasteiger charge is 2.22. The second-order valence-corrected chi connectivity index (χ2v) is 7.61. The van der Waals surface area contributed by atoms with E-state index >= 15 is 0 Å². The van der Waals surface area contributed by atoms with Crippen molar-refractivity contribution < 1.29 is 4.74 Å². The Labute approximate surface area is 156 Å². The van der Waals surface area contributed by atoms with Crippen molar-refractivity contribution in [2.75, 3.05) is 39.3 Å². The maximum absolute atomic E-state index is 6.12. The molecule has 0 aliphatic carbocycles. The Bertz CT molecular complexity index is 649. The normalized spacial score (nSPS) is 22.5. The van der Waals surface area contributed by atoms with Crippen LogP contribution in [-0.4, -0.2) is 65.0 Å². The van der Waals surface area contributed by atoms with Gasteiger partial charge >= 0.3 is 0 Å². The van der Waals surface area contributed by atoms with Crippen molar-refractivity contribution in [3.63, 3.8) is 0 Å². The van der Waals surface area contributed by atoms with Gasteiger partial charge in [0.25, 0.3) is 0 Å². The van der Waals surface area contributed by atoms with Crippen molar-refractivity contribution >= 4 is 0 Å². The summed E-state index contributed by atoms with van der Waals surface area (Å²) in [6, 6.07) is 11.0. The summed E-state index contributed by atoms with van der Waals surface area (Å²) in [6.07, 6.45) is 8.02. The molecular formula is C21H30N4O. The summed E-state index contributed by atoms with van der Waals surface area (Å²) in [4.78, 5) is 5.13. The standard InChI is InChI=1S/C21H30N4O/c1-2-11-23(10-1)17-21-18-24(12-4-14-26-21)15-19-5-7-20(8-6-19)16-25-13-3-9-22-25/h3,5-9,13,21H,1-2,4,10-12,14-18H2/t21-/m0/s1. The van der Waals surface area contributed by atoms with E-state index in [-0.39, 0.29) is 0 Å². The third kappa shape index (κ3) is 4.93. The number of rotatable bonds is 6. The third-order valence-corrected chi connectivity index (χ3v) is 5.43. The molecule has 0 spiro atoms. The largest absolute Gasteiger partial charge is 0.376 e. The molecule has 2 aliphatic heterocycles. The smallest absolute Gasteiger partial charge is 0.0828 e. The third-order valence-electron chi connectivity index (χ3n) is 5.43. The zero-order valence-electron chi connectivity index (χ0n) is 15.6. The lowest BCUT2D eigenvalue weighted by molar-refractivity contribution is 0.0308. The summed E-state index contributed by atoms with van der Waals surface area (Å²) < 4.78 is 8.08. The molecule has 0 unspecified atom stereocenters. The van der Waals surface area contributed by atoms with Gasteiger partial charge in [-0.15, -0.1) is 0 Å². The Balaban J connectivity index is 1.31. The maximum atomic E-state index is 6.12. The van der Waals surface area contributed by atoms with E-state index in [2.05, 4.69) is 39.2 Å². The van der Waals surface area contributed by atoms with E-state index in [9.17, 15) is 0 Å². The topological polar surface area (TPSA) is 33.5 Å². The summed E-state index contributed by atoms with van der Waals surface area (Å²) in [7, 11) is 0. The predicted octanol–water partition coefficient (Wildman–Crippen LogP) is 2.62. The van der Waals surface area contributed by atoms with Gasteiger partial charge in [0, 0.05) is 45.2 Å². The fourth-order valence-electron chi connectivity index (χ4n) is 4.07. The highest BCUT2D eigenvalue weighted by atomic mass is 16.5. The molecule has 3 heterocycles. The van der Waals surface area contributed by atoms with Gasteiger partial charge in [0.05, 0.1) is 12.6 Å². The SMILES string of the molecule is c1cnn(Cc2ccc(CN3CCCO[C@@H](CN4CCCC4)C3)cc2)c1. The summed E-state index contributed by atoms with van der Waals surface area (Å²) in [5.74, 6) is 0. The average molecular weight is 354 g/mol. The first-order valence-corrected chi connectivity index (χ1v) is 9.97. The van der Waals surface area contributed by atoms with Crippen molar-refractivity contribution in [3.8, 4) is 0 Å². The number of hydrogen-bond donors (Lipinski definition) is 0. The van der Waals surface area contributed by atoms with Crippen molar-refractivity contribution in [2.45, 2.75) is 38.5 Å². The number of nitrogens with zero attached hydrogens (tertiary/aromatic N) is 4. The Kier molecular flexibility index (Phi) is 5.99. The molecule has 2 fully saturated rings. The van der Waals surface area contributed by atoms with Gasteiger partial charge < -0.3 is 9.64 Å². The van der Waals surface area contributed by atoms with Crippen LogP contribution in [0.25, 0.3) is 0 Å². The molecule has 1 atom stereocenters. The van der Waals surface area contributed by atoms with Crippen LogP contribution in [-0.2, 0) is 17.8 Å². The number of aromatic nitrogens is 2. The van der Waals surface area contributed by atoms with Crippen LogP contribution < -0.4 is 0 Å². The molecule has 0 amide bonds. The number of hydrogen-bond acceptors (Lipinski definition) is 4. The van der Waals surface area contributed by atoms with Gasteiger partial charge in [-0.2, -0.15) is 5.10 Å². The summed E-state index contributed by atoms with van der Waals surface area (Å²) in [5.41, 5.74) is 2.68. The lowest BCUT2D eigenvalue weighted by atomic mass is 10.1. The molecule has 5 nitrogen and oxygen atoms in total. The second kappa shape index (κ2) is 8.80. The molecule has 26 heavy (non-hydrogen) atoms. The van der Waals surface area contributed by atoms with Gasteiger partial charge in [0.2, 0.25) is 0 Å². The molecule has 2 saturated heterocycles. The van der Waals surface area contributed by atoms with Crippen LogP contribution in [0.15, 0.2) is 42.7 Å². The molecule has 0 bridgehead atoms.